The van der Waals surface area contributed by atoms with Gasteiger partial charge in [-0.2, -0.15) is 0 Å². The lowest BCUT2D eigenvalue weighted by atomic mass is 10.2. The lowest BCUT2D eigenvalue weighted by Gasteiger charge is -2.36. The predicted molar refractivity (Wildman–Crippen MR) is 81.7 cm³/mol. The molecule has 3 atom stereocenters. The van der Waals surface area contributed by atoms with Crippen molar-refractivity contribution in [3.8, 4) is 0 Å². The Morgan fingerprint density at radius 1 is 1.09 bits per heavy atom. The minimum atomic E-state index is -0.260. The quantitative estimate of drug-likeness (QED) is 0.841. The number of hydrogen-bond donors (Lipinski definition) is 0. The number of ether oxygens (including phenoxy) is 1. The highest BCUT2D eigenvalue weighted by molar-refractivity contribution is 5.84. The van der Waals surface area contributed by atoms with Crippen LogP contribution < -0.4 is 0 Å². The number of nitrogens with zero attached hydrogens (tertiary/aromatic N) is 2. The molecule has 1 aromatic heterocycles. The molecule has 4 rings (SSSR count). The van der Waals surface area contributed by atoms with Gasteiger partial charge in [0, 0.05) is 44.6 Å². The highest BCUT2D eigenvalue weighted by Crippen LogP contribution is 2.48. The van der Waals surface area contributed by atoms with Crippen molar-refractivity contribution in [1.29, 1.82) is 0 Å². The van der Waals surface area contributed by atoms with Gasteiger partial charge in [-0.1, -0.05) is 0 Å². The lowest BCUT2D eigenvalue weighted by molar-refractivity contribution is -0.146. The number of piperazine rings is 1. The Hall–Kier alpha value is -1.82. The van der Waals surface area contributed by atoms with E-state index in [1.165, 1.54) is 0 Å². The van der Waals surface area contributed by atoms with Crippen LogP contribution >= 0.6 is 0 Å². The van der Waals surface area contributed by atoms with Crippen molar-refractivity contribution in [3.05, 3.63) is 24.2 Å². The van der Waals surface area contributed by atoms with E-state index in [1.807, 2.05) is 21.9 Å². The molecule has 2 amide bonds. The summed E-state index contributed by atoms with van der Waals surface area (Å²) in [5.74, 6) is 1.51. The number of amides is 2. The van der Waals surface area contributed by atoms with E-state index in [1.54, 1.807) is 6.26 Å². The van der Waals surface area contributed by atoms with Crippen LogP contribution in [0.3, 0.4) is 0 Å². The predicted octanol–water partition coefficient (Wildman–Crippen LogP) is 1.23. The maximum atomic E-state index is 12.6. The van der Waals surface area contributed by atoms with Crippen LogP contribution in [0.15, 0.2) is 22.8 Å². The van der Waals surface area contributed by atoms with E-state index in [0.29, 0.717) is 32.8 Å². The van der Waals surface area contributed by atoms with Gasteiger partial charge in [0.25, 0.3) is 5.91 Å². The van der Waals surface area contributed by atoms with Crippen LogP contribution in [-0.2, 0) is 14.3 Å². The average molecular weight is 318 g/mol. The highest BCUT2D eigenvalue weighted by atomic mass is 16.5. The summed E-state index contributed by atoms with van der Waals surface area (Å²) in [5, 5.41) is 0. The molecule has 0 bridgehead atoms. The van der Waals surface area contributed by atoms with Crippen LogP contribution in [0.2, 0.25) is 0 Å². The molecule has 6 heteroatoms. The third-order valence-electron chi connectivity index (χ3n) is 5.12. The van der Waals surface area contributed by atoms with E-state index in [2.05, 4.69) is 0 Å². The second kappa shape index (κ2) is 6.00. The maximum Gasteiger partial charge on any atom is 0.251 e. The van der Waals surface area contributed by atoms with E-state index in [4.69, 9.17) is 9.15 Å². The molecule has 2 aliphatic heterocycles. The van der Waals surface area contributed by atoms with Gasteiger partial charge in [0.15, 0.2) is 0 Å². The standard InChI is InChI=1S/C17H22N2O4/c20-16(13-11-12(13)14-3-1-9-22-14)18-5-7-19(8-6-18)17(21)15-4-2-10-23-15/h1,3,9,12-13,15H,2,4-8,10-11H2. The molecule has 3 fully saturated rings. The van der Waals surface area contributed by atoms with Crippen LogP contribution in [0, 0.1) is 5.92 Å². The highest BCUT2D eigenvalue weighted by Gasteiger charge is 2.48. The molecule has 124 valence electrons. The first-order valence-corrected chi connectivity index (χ1v) is 8.46. The molecule has 0 radical (unpaired) electrons. The maximum absolute atomic E-state index is 12.6. The van der Waals surface area contributed by atoms with Crippen LogP contribution in [0.5, 0.6) is 0 Å². The van der Waals surface area contributed by atoms with Crippen molar-refractivity contribution in [2.24, 2.45) is 5.92 Å². The fourth-order valence-corrected chi connectivity index (χ4v) is 3.64. The summed E-state index contributed by atoms with van der Waals surface area (Å²) in [6.45, 7) is 3.16. The second-order valence-electron chi connectivity index (χ2n) is 6.62. The molecule has 6 nitrogen and oxygen atoms in total. The molecule has 0 spiro atoms. The Balaban J connectivity index is 1.28. The first kappa shape index (κ1) is 14.8. The number of furan rings is 1. The van der Waals surface area contributed by atoms with Gasteiger partial charge in [-0.25, -0.2) is 0 Å². The van der Waals surface area contributed by atoms with Gasteiger partial charge in [0.05, 0.1) is 6.26 Å². The molecule has 2 saturated heterocycles. The molecule has 0 N–H and O–H groups in total. The summed E-state index contributed by atoms with van der Waals surface area (Å²) >= 11 is 0. The lowest BCUT2D eigenvalue weighted by Crippen LogP contribution is -2.53. The van der Waals surface area contributed by atoms with E-state index in [9.17, 15) is 9.59 Å². The topological polar surface area (TPSA) is 63.0 Å². The third kappa shape index (κ3) is 2.87. The number of carbonyl (C=O) groups excluding carboxylic acids is 2. The summed E-state index contributed by atoms with van der Waals surface area (Å²) in [5.41, 5.74) is 0. The van der Waals surface area contributed by atoms with Crippen molar-refractivity contribution < 1.29 is 18.7 Å². The van der Waals surface area contributed by atoms with Crippen LogP contribution in [0.4, 0.5) is 0 Å². The molecule has 0 aromatic carbocycles. The van der Waals surface area contributed by atoms with Crippen molar-refractivity contribution in [2.45, 2.75) is 31.3 Å². The fraction of sp³-hybridized carbons (Fsp3) is 0.647. The van der Waals surface area contributed by atoms with E-state index >= 15 is 0 Å². The van der Waals surface area contributed by atoms with Crippen LogP contribution in [-0.4, -0.2) is 60.5 Å². The largest absolute Gasteiger partial charge is 0.469 e. The van der Waals surface area contributed by atoms with Gasteiger partial charge in [-0.15, -0.1) is 0 Å². The number of rotatable bonds is 3. The Bertz CT molecular complexity index is 571. The van der Waals surface area contributed by atoms with E-state index in [-0.39, 0.29) is 29.8 Å². The van der Waals surface area contributed by atoms with Crippen molar-refractivity contribution >= 4 is 11.8 Å². The third-order valence-corrected chi connectivity index (χ3v) is 5.12. The Morgan fingerprint density at radius 3 is 2.43 bits per heavy atom. The molecular weight excluding hydrogens is 296 g/mol. The second-order valence-corrected chi connectivity index (χ2v) is 6.62. The Kier molecular flexibility index (Phi) is 3.85. The smallest absolute Gasteiger partial charge is 0.251 e. The van der Waals surface area contributed by atoms with Gasteiger partial charge < -0.3 is 19.0 Å². The van der Waals surface area contributed by atoms with Gasteiger partial charge in [0.2, 0.25) is 5.91 Å². The average Bonchev–Trinajstić information content (AvgIpc) is 3.00. The molecule has 1 aliphatic carbocycles. The summed E-state index contributed by atoms with van der Waals surface area (Å²) < 4.78 is 10.9. The molecule has 23 heavy (non-hydrogen) atoms. The van der Waals surface area contributed by atoms with Crippen molar-refractivity contribution in [2.75, 3.05) is 32.8 Å². The zero-order chi connectivity index (χ0) is 15.8. The van der Waals surface area contributed by atoms with E-state index in [0.717, 1.165) is 25.0 Å². The van der Waals surface area contributed by atoms with Crippen LogP contribution in [0.25, 0.3) is 0 Å². The zero-order valence-electron chi connectivity index (χ0n) is 13.1. The monoisotopic (exact) mass is 318 g/mol. The summed E-state index contributed by atoms with van der Waals surface area (Å²) in [4.78, 5) is 28.6. The SMILES string of the molecule is O=C(C1CCCO1)N1CCN(C(=O)C2CC2c2ccco2)CC1. The minimum Gasteiger partial charge on any atom is -0.469 e. The molecular formula is C17H22N2O4. The van der Waals surface area contributed by atoms with Gasteiger partial charge in [0.1, 0.15) is 11.9 Å². The van der Waals surface area contributed by atoms with Crippen molar-refractivity contribution in [3.63, 3.8) is 0 Å². The minimum absolute atomic E-state index is 0.0570. The zero-order valence-corrected chi connectivity index (χ0v) is 13.1. The Morgan fingerprint density at radius 2 is 1.83 bits per heavy atom. The summed E-state index contributed by atoms with van der Waals surface area (Å²) in [6, 6.07) is 3.81. The summed E-state index contributed by atoms with van der Waals surface area (Å²) in [6.07, 6.45) is 4.06. The van der Waals surface area contributed by atoms with Gasteiger partial charge in [-0.05, 0) is 31.4 Å². The molecule has 1 saturated carbocycles. The fourth-order valence-electron chi connectivity index (χ4n) is 3.64. The molecule has 3 heterocycles. The first-order chi connectivity index (χ1) is 11.2. The molecule has 3 aliphatic rings. The molecule has 3 unspecified atom stereocenters. The number of carbonyl (C=O) groups is 2. The van der Waals surface area contributed by atoms with Crippen molar-refractivity contribution in [1.82, 2.24) is 9.80 Å². The number of hydrogen-bond acceptors (Lipinski definition) is 4. The first-order valence-electron chi connectivity index (χ1n) is 8.46. The van der Waals surface area contributed by atoms with Gasteiger partial charge >= 0.3 is 0 Å². The Labute approximate surface area is 135 Å². The van der Waals surface area contributed by atoms with Crippen LogP contribution in [0.1, 0.15) is 30.9 Å². The summed E-state index contributed by atoms with van der Waals surface area (Å²) in [7, 11) is 0. The molecule has 1 aromatic rings. The normalized spacial score (nSPS) is 30.5. The van der Waals surface area contributed by atoms with Gasteiger partial charge in [-0.3, -0.25) is 9.59 Å². The van der Waals surface area contributed by atoms with E-state index < -0.39 is 0 Å².